The second-order valence-electron chi connectivity index (χ2n) is 8.92. The lowest BCUT2D eigenvalue weighted by Gasteiger charge is -2.47. The van der Waals surface area contributed by atoms with Gasteiger partial charge in [0.05, 0.1) is 12.6 Å². The fourth-order valence-corrected chi connectivity index (χ4v) is 5.19. The average molecular weight is 534 g/mol. The van der Waals surface area contributed by atoms with E-state index in [9.17, 15) is 4.79 Å². The normalized spacial score (nSPS) is 30.9. The second kappa shape index (κ2) is 11.3. The zero-order chi connectivity index (χ0) is 20.2. The Balaban J connectivity index is 0.00000256. The molecule has 0 saturated carbocycles. The number of guanidine groups is 1. The molecule has 5 aliphatic rings. The molecule has 1 N–H and O–H groups in total. The first-order chi connectivity index (χ1) is 14.2. The summed E-state index contributed by atoms with van der Waals surface area (Å²) in [5, 5.41) is 3.50. The average Bonchev–Trinajstić information content (AvgIpc) is 3.31. The molecule has 0 aromatic rings. The molecule has 0 aliphatic carbocycles. The number of hydrogen-bond donors (Lipinski definition) is 1. The van der Waals surface area contributed by atoms with Crippen LogP contribution in [0.3, 0.4) is 0 Å². The third-order valence-electron chi connectivity index (χ3n) is 7.12. The van der Waals surface area contributed by atoms with Crippen LogP contribution in [0.5, 0.6) is 0 Å². The van der Waals surface area contributed by atoms with Gasteiger partial charge in [0, 0.05) is 84.6 Å². The highest BCUT2D eigenvalue weighted by Crippen LogP contribution is 2.17. The number of carbonyl (C=O) groups excluding carboxylic acids is 1. The Morgan fingerprint density at radius 1 is 0.967 bits per heavy atom. The van der Waals surface area contributed by atoms with Crippen LogP contribution in [0.2, 0.25) is 0 Å². The predicted molar refractivity (Wildman–Crippen MR) is 132 cm³/mol. The van der Waals surface area contributed by atoms with E-state index in [1.165, 1.54) is 26.2 Å². The molecule has 5 heterocycles. The van der Waals surface area contributed by atoms with Crippen LogP contribution in [0.1, 0.15) is 26.7 Å². The van der Waals surface area contributed by atoms with Crippen molar-refractivity contribution < 1.29 is 4.79 Å². The molecule has 172 valence electrons. The van der Waals surface area contributed by atoms with E-state index in [4.69, 9.17) is 4.99 Å². The Kier molecular flexibility index (Phi) is 9.03. The Morgan fingerprint density at radius 3 is 2.20 bits per heavy atom. The minimum absolute atomic E-state index is 0. The van der Waals surface area contributed by atoms with E-state index >= 15 is 0 Å². The Morgan fingerprint density at radius 2 is 1.63 bits per heavy atom. The van der Waals surface area contributed by atoms with Crippen molar-refractivity contribution in [1.82, 2.24) is 29.8 Å². The van der Waals surface area contributed by atoms with E-state index < -0.39 is 0 Å². The van der Waals surface area contributed by atoms with Gasteiger partial charge < -0.3 is 15.1 Å². The van der Waals surface area contributed by atoms with Crippen molar-refractivity contribution in [3.05, 3.63) is 0 Å². The molecule has 5 rings (SSSR count). The first-order valence-corrected chi connectivity index (χ1v) is 11.7. The van der Waals surface area contributed by atoms with Crippen molar-refractivity contribution >= 4 is 35.8 Å². The maximum Gasteiger partial charge on any atom is 0.239 e. The van der Waals surface area contributed by atoms with Gasteiger partial charge in [-0.15, -0.1) is 24.0 Å². The number of nitrogens with one attached hydrogen (secondary N) is 1. The first kappa shape index (κ1) is 24.0. The lowest BCUT2D eigenvalue weighted by Crippen LogP contribution is -2.62. The first-order valence-electron chi connectivity index (χ1n) is 11.7. The highest BCUT2D eigenvalue weighted by atomic mass is 127. The molecule has 0 aromatic heterocycles. The van der Waals surface area contributed by atoms with E-state index in [-0.39, 0.29) is 30.0 Å². The summed E-state index contributed by atoms with van der Waals surface area (Å²) in [6.07, 6.45) is 2.32. The zero-order valence-corrected chi connectivity index (χ0v) is 21.1. The van der Waals surface area contributed by atoms with Gasteiger partial charge in [0.25, 0.3) is 0 Å². The maximum absolute atomic E-state index is 12.7. The van der Waals surface area contributed by atoms with Crippen molar-refractivity contribution in [1.29, 1.82) is 0 Å². The number of piperazine rings is 4. The molecule has 2 atom stereocenters. The largest absolute Gasteiger partial charge is 0.357 e. The van der Waals surface area contributed by atoms with E-state index in [1.807, 2.05) is 4.90 Å². The SMILES string of the molecule is CCNC(=NCC1CN2CCN1CC2)N1CCN(C(C)C(=O)N2CCCC2)CC1.I. The lowest BCUT2D eigenvalue weighted by atomic mass is 10.1. The summed E-state index contributed by atoms with van der Waals surface area (Å²) in [5.74, 6) is 1.36. The summed E-state index contributed by atoms with van der Waals surface area (Å²) in [5.41, 5.74) is 0. The summed E-state index contributed by atoms with van der Waals surface area (Å²) in [7, 11) is 0. The van der Waals surface area contributed by atoms with Crippen molar-refractivity contribution in [2.75, 3.05) is 85.1 Å². The molecule has 5 aliphatic heterocycles. The molecular formula is C21H40IN7O. The highest BCUT2D eigenvalue weighted by Gasteiger charge is 2.33. The number of nitrogens with zero attached hydrogens (tertiary/aromatic N) is 6. The smallest absolute Gasteiger partial charge is 0.239 e. The van der Waals surface area contributed by atoms with Crippen LogP contribution in [0, 0.1) is 0 Å². The maximum atomic E-state index is 12.7. The Hall–Kier alpha value is -0.650. The fourth-order valence-electron chi connectivity index (χ4n) is 5.19. The van der Waals surface area contributed by atoms with Gasteiger partial charge in [-0.3, -0.25) is 24.5 Å². The summed E-state index contributed by atoms with van der Waals surface area (Å²) in [4.78, 5) is 29.7. The molecule has 9 heteroatoms. The topological polar surface area (TPSA) is 57.7 Å². The van der Waals surface area contributed by atoms with E-state index in [1.54, 1.807) is 0 Å². The number of amides is 1. The van der Waals surface area contributed by atoms with Gasteiger partial charge in [0.1, 0.15) is 0 Å². The molecule has 2 unspecified atom stereocenters. The van der Waals surface area contributed by atoms with E-state index in [0.717, 1.165) is 77.7 Å². The van der Waals surface area contributed by atoms with Gasteiger partial charge in [-0.2, -0.15) is 0 Å². The van der Waals surface area contributed by atoms with Crippen LogP contribution in [0.4, 0.5) is 0 Å². The molecule has 8 nitrogen and oxygen atoms in total. The van der Waals surface area contributed by atoms with Gasteiger partial charge in [0.15, 0.2) is 5.96 Å². The molecule has 0 radical (unpaired) electrons. The van der Waals surface area contributed by atoms with Crippen molar-refractivity contribution in [3.8, 4) is 0 Å². The number of aliphatic imine (C=N–C) groups is 1. The standard InChI is InChI=1S/C21H39N7O.HI/c1-3-22-21(23-16-19-17-24-8-10-26(19)11-9-24)28-14-12-25(13-15-28)18(2)20(29)27-6-4-5-7-27;/h18-19H,3-17H2,1-2H3,(H,22,23);1H. The van der Waals surface area contributed by atoms with Crippen LogP contribution in [-0.4, -0.2) is 134 Å². The number of rotatable bonds is 5. The number of likely N-dealkylation sites (tertiary alicyclic amines) is 1. The van der Waals surface area contributed by atoms with Crippen LogP contribution in [0.25, 0.3) is 0 Å². The number of hydrogen-bond acceptors (Lipinski definition) is 5. The zero-order valence-electron chi connectivity index (χ0n) is 18.8. The van der Waals surface area contributed by atoms with Crippen LogP contribution >= 0.6 is 24.0 Å². The molecule has 0 aromatic carbocycles. The highest BCUT2D eigenvalue weighted by molar-refractivity contribution is 14.0. The predicted octanol–water partition coefficient (Wildman–Crippen LogP) is 0.198. The number of halogens is 1. The lowest BCUT2D eigenvalue weighted by molar-refractivity contribution is -0.135. The van der Waals surface area contributed by atoms with E-state index in [0.29, 0.717) is 11.9 Å². The van der Waals surface area contributed by atoms with Crippen molar-refractivity contribution in [2.45, 2.75) is 38.8 Å². The van der Waals surface area contributed by atoms with Crippen molar-refractivity contribution in [3.63, 3.8) is 0 Å². The summed E-state index contributed by atoms with van der Waals surface area (Å²) in [6.45, 7) is 17.6. The summed E-state index contributed by atoms with van der Waals surface area (Å²) < 4.78 is 0. The molecule has 1 amide bonds. The minimum atomic E-state index is -0.00517. The number of carbonyl (C=O) groups is 1. The monoisotopic (exact) mass is 533 g/mol. The number of fused-ring (bicyclic) bond motifs is 3. The molecular weight excluding hydrogens is 493 g/mol. The van der Waals surface area contributed by atoms with Crippen LogP contribution in [0.15, 0.2) is 4.99 Å². The fraction of sp³-hybridized carbons (Fsp3) is 0.905. The van der Waals surface area contributed by atoms with Crippen LogP contribution in [-0.2, 0) is 4.79 Å². The van der Waals surface area contributed by atoms with Gasteiger partial charge >= 0.3 is 0 Å². The molecule has 30 heavy (non-hydrogen) atoms. The Labute approximate surface area is 199 Å². The summed E-state index contributed by atoms with van der Waals surface area (Å²) in [6, 6.07) is 0.556. The Bertz CT molecular complexity index is 582. The van der Waals surface area contributed by atoms with Crippen molar-refractivity contribution in [2.24, 2.45) is 4.99 Å². The summed E-state index contributed by atoms with van der Waals surface area (Å²) >= 11 is 0. The third-order valence-corrected chi connectivity index (χ3v) is 7.12. The quantitative estimate of drug-likeness (QED) is 0.310. The van der Waals surface area contributed by atoms with Gasteiger partial charge in [-0.25, -0.2) is 0 Å². The van der Waals surface area contributed by atoms with Gasteiger partial charge in [-0.05, 0) is 26.7 Å². The van der Waals surface area contributed by atoms with Gasteiger partial charge in [-0.1, -0.05) is 0 Å². The molecule has 5 saturated heterocycles. The third kappa shape index (κ3) is 5.58. The van der Waals surface area contributed by atoms with Crippen LogP contribution < -0.4 is 5.32 Å². The van der Waals surface area contributed by atoms with Gasteiger partial charge in [0.2, 0.25) is 5.91 Å². The molecule has 0 spiro atoms. The molecule has 2 bridgehead atoms. The second-order valence-corrected chi connectivity index (χ2v) is 8.92. The van der Waals surface area contributed by atoms with E-state index in [2.05, 4.69) is 38.8 Å². The minimum Gasteiger partial charge on any atom is -0.357 e. The molecule has 5 fully saturated rings.